The lowest BCUT2D eigenvalue weighted by atomic mass is 10.1. The van der Waals surface area contributed by atoms with Gasteiger partial charge in [-0.25, -0.2) is 0 Å². The highest BCUT2D eigenvalue weighted by Crippen LogP contribution is 2.21. The number of likely N-dealkylation sites (tertiary alicyclic amines) is 1. The molecule has 0 amide bonds. The number of hydrogen-bond donors (Lipinski definition) is 2. The molecule has 16 heavy (non-hydrogen) atoms. The minimum Gasteiger partial charge on any atom is -0.389 e. The van der Waals surface area contributed by atoms with Crippen molar-refractivity contribution in [1.82, 2.24) is 4.90 Å². The second-order valence-electron chi connectivity index (χ2n) is 4.42. The normalized spacial score (nSPS) is 26.2. The van der Waals surface area contributed by atoms with Crippen LogP contribution in [0.5, 0.6) is 0 Å². The van der Waals surface area contributed by atoms with Crippen LogP contribution in [-0.4, -0.2) is 40.4 Å². The number of benzene rings is 1. The molecule has 1 heterocycles. The van der Waals surface area contributed by atoms with E-state index < -0.39 is 12.2 Å². The van der Waals surface area contributed by atoms with Crippen molar-refractivity contribution < 1.29 is 10.2 Å². The van der Waals surface area contributed by atoms with Gasteiger partial charge in [0.1, 0.15) is 0 Å². The Morgan fingerprint density at radius 2 is 1.94 bits per heavy atom. The van der Waals surface area contributed by atoms with Crippen molar-refractivity contribution in [2.75, 3.05) is 13.1 Å². The van der Waals surface area contributed by atoms with Crippen molar-refractivity contribution in [2.45, 2.75) is 25.7 Å². The minimum absolute atomic E-state index is 0.505. The second-order valence-corrected chi connectivity index (χ2v) is 4.83. The standard InChI is InChI=1S/C12H16ClNO2/c1-8-2-3-9(10(13)4-8)5-14-6-11(15)12(16)7-14/h2-4,11-12,15-16H,5-7H2,1H3/t11-,12+. The van der Waals surface area contributed by atoms with E-state index in [1.807, 2.05) is 30.0 Å². The Morgan fingerprint density at radius 3 is 2.50 bits per heavy atom. The number of aryl methyl sites for hydroxylation is 1. The van der Waals surface area contributed by atoms with Crippen molar-refractivity contribution in [3.05, 3.63) is 34.3 Å². The fourth-order valence-corrected chi connectivity index (χ4v) is 2.29. The van der Waals surface area contributed by atoms with Gasteiger partial charge in [0.15, 0.2) is 0 Å². The lowest BCUT2D eigenvalue weighted by Gasteiger charge is -2.15. The van der Waals surface area contributed by atoms with Crippen molar-refractivity contribution in [1.29, 1.82) is 0 Å². The molecule has 2 N–H and O–H groups in total. The van der Waals surface area contributed by atoms with Gasteiger partial charge in [0.25, 0.3) is 0 Å². The molecule has 1 aromatic carbocycles. The van der Waals surface area contributed by atoms with Gasteiger partial charge in [-0.2, -0.15) is 0 Å². The predicted molar refractivity (Wildman–Crippen MR) is 63.5 cm³/mol. The molecule has 0 aromatic heterocycles. The summed E-state index contributed by atoms with van der Waals surface area (Å²) in [6.07, 6.45) is -1.27. The average Bonchev–Trinajstić information content (AvgIpc) is 2.51. The lowest BCUT2D eigenvalue weighted by molar-refractivity contribution is 0.0572. The molecule has 88 valence electrons. The molecule has 1 aromatic rings. The smallest absolute Gasteiger partial charge is 0.0938 e. The SMILES string of the molecule is Cc1ccc(CN2C[C@@H](O)[C@@H](O)C2)c(Cl)c1. The molecule has 1 aliphatic heterocycles. The highest BCUT2D eigenvalue weighted by molar-refractivity contribution is 6.31. The fraction of sp³-hybridized carbons (Fsp3) is 0.500. The van der Waals surface area contributed by atoms with Crippen LogP contribution in [0.4, 0.5) is 0 Å². The maximum Gasteiger partial charge on any atom is 0.0938 e. The Bertz CT molecular complexity index is 373. The summed E-state index contributed by atoms with van der Waals surface area (Å²) in [6.45, 7) is 3.68. The number of aliphatic hydroxyl groups excluding tert-OH is 2. The van der Waals surface area contributed by atoms with Gasteiger partial charge in [-0.15, -0.1) is 0 Å². The van der Waals surface area contributed by atoms with Gasteiger partial charge in [-0.05, 0) is 24.1 Å². The molecular formula is C12H16ClNO2. The Hall–Kier alpha value is -0.610. The third-order valence-corrected chi connectivity index (χ3v) is 3.29. The van der Waals surface area contributed by atoms with E-state index in [0.717, 1.165) is 16.1 Å². The first-order valence-corrected chi connectivity index (χ1v) is 5.77. The number of hydrogen-bond acceptors (Lipinski definition) is 3. The third-order valence-electron chi connectivity index (χ3n) is 2.94. The zero-order valence-corrected chi connectivity index (χ0v) is 9.98. The monoisotopic (exact) mass is 241 g/mol. The van der Waals surface area contributed by atoms with Crippen LogP contribution in [0.1, 0.15) is 11.1 Å². The minimum atomic E-state index is -0.635. The summed E-state index contributed by atoms with van der Waals surface area (Å²) < 4.78 is 0. The Balaban J connectivity index is 2.05. The maximum atomic E-state index is 9.43. The number of nitrogens with zero attached hydrogens (tertiary/aromatic N) is 1. The molecule has 1 aliphatic rings. The van der Waals surface area contributed by atoms with E-state index in [1.54, 1.807) is 0 Å². The first-order valence-electron chi connectivity index (χ1n) is 5.40. The molecule has 4 heteroatoms. The maximum absolute atomic E-state index is 9.43. The molecule has 0 spiro atoms. The van der Waals surface area contributed by atoms with Crippen LogP contribution >= 0.6 is 11.6 Å². The summed E-state index contributed by atoms with van der Waals surface area (Å²) in [7, 11) is 0. The van der Waals surface area contributed by atoms with E-state index in [4.69, 9.17) is 11.6 Å². The van der Waals surface area contributed by atoms with Crippen molar-refractivity contribution in [3.63, 3.8) is 0 Å². The quantitative estimate of drug-likeness (QED) is 0.818. The highest BCUT2D eigenvalue weighted by atomic mass is 35.5. The fourth-order valence-electron chi connectivity index (χ4n) is 2.00. The highest BCUT2D eigenvalue weighted by Gasteiger charge is 2.29. The van der Waals surface area contributed by atoms with E-state index in [1.165, 1.54) is 0 Å². The molecule has 1 saturated heterocycles. The van der Waals surface area contributed by atoms with Crippen LogP contribution < -0.4 is 0 Å². The molecule has 0 bridgehead atoms. The van der Waals surface area contributed by atoms with Gasteiger partial charge in [0, 0.05) is 24.7 Å². The van der Waals surface area contributed by atoms with Gasteiger partial charge in [-0.1, -0.05) is 23.7 Å². The summed E-state index contributed by atoms with van der Waals surface area (Å²) >= 11 is 6.13. The van der Waals surface area contributed by atoms with E-state index in [0.29, 0.717) is 19.6 Å². The molecule has 0 aliphatic carbocycles. The number of halogens is 1. The van der Waals surface area contributed by atoms with Gasteiger partial charge in [0.05, 0.1) is 12.2 Å². The molecule has 2 rings (SSSR count). The van der Waals surface area contributed by atoms with Crippen molar-refractivity contribution in [2.24, 2.45) is 0 Å². The van der Waals surface area contributed by atoms with Gasteiger partial charge < -0.3 is 10.2 Å². The van der Waals surface area contributed by atoms with Crippen LogP contribution in [0, 0.1) is 6.92 Å². The summed E-state index contributed by atoms with van der Waals surface area (Å²) in [6, 6.07) is 5.94. The Kier molecular flexibility index (Phi) is 3.50. The van der Waals surface area contributed by atoms with E-state index in [9.17, 15) is 10.2 Å². The van der Waals surface area contributed by atoms with E-state index >= 15 is 0 Å². The lowest BCUT2D eigenvalue weighted by Crippen LogP contribution is -2.22. The summed E-state index contributed by atoms with van der Waals surface area (Å²) in [5.41, 5.74) is 2.17. The second kappa shape index (κ2) is 4.72. The average molecular weight is 242 g/mol. The third kappa shape index (κ3) is 2.55. The molecule has 0 saturated carbocycles. The van der Waals surface area contributed by atoms with E-state index in [2.05, 4.69) is 0 Å². The summed E-state index contributed by atoms with van der Waals surface area (Å²) in [5, 5.41) is 19.6. The van der Waals surface area contributed by atoms with Crippen LogP contribution in [0.25, 0.3) is 0 Å². The number of β-amino-alcohol motifs (C(OH)–C–C–N with tert-alkyl or cyclic N) is 2. The zero-order chi connectivity index (χ0) is 11.7. The van der Waals surface area contributed by atoms with Crippen LogP contribution in [0.15, 0.2) is 18.2 Å². The molecule has 1 fully saturated rings. The number of aliphatic hydroxyl groups is 2. The van der Waals surface area contributed by atoms with Gasteiger partial charge in [0.2, 0.25) is 0 Å². The summed E-state index contributed by atoms with van der Waals surface area (Å²) in [4.78, 5) is 2.01. The van der Waals surface area contributed by atoms with E-state index in [-0.39, 0.29) is 0 Å². The van der Waals surface area contributed by atoms with Crippen LogP contribution in [0.3, 0.4) is 0 Å². The Labute approximate surface area is 100 Å². The first-order chi connectivity index (χ1) is 7.56. The van der Waals surface area contributed by atoms with Crippen LogP contribution in [0.2, 0.25) is 5.02 Å². The Morgan fingerprint density at radius 1 is 1.31 bits per heavy atom. The van der Waals surface area contributed by atoms with Crippen molar-refractivity contribution in [3.8, 4) is 0 Å². The van der Waals surface area contributed by atoms with Crippen LogP contribution in [-0.2, 0) is 6.54 Å². The van der Waals surface area contributed by atoms with Gasteiger partial charge >= 0.3 is 0 Å². The summed E-state index contributed by atoms with van der Waals surface area (Å²) in [5.74, 6) is 0. The molecule has 0 radical (unpaired) electrons. The number of rotatable bonds is 2. The van der Waals surface area contributed by atoms with Gasteiger partial charge in [-0.3, -0.25) is 4.90 Å². The van der Waals surface area contributed by atoms with Crippen molar-refractivity contribution >= 4 is 11.6 Å². The molecule has 3 nitrogen and oxygen atoms in total. The molecule has 2 atom stereocenters. The zero-order valence-electron chi connectivity index (χ0n) is 9.23. The largest absolute Gasteiger partial charge is 0.389 e. The first kappa shape index (κ1) is 11.9. The molecular weight excluding hydrogens is 226 g/mol. The predicted octanol–water partition coefficient (Wildman–Crippen LogP) is 1.19. The molecule has 0 unspecified atom stereocenters. The topological polar surface area (TPSA) is 43.7 Å².